The highest BCUT2D eigenvalue weighted by Crippen LogP contribution is 2.27. The van der Waals surface area contributed by atoms with Gasteiger partial charge in [-0.05, 0) is 42.7 Å². The lowest BCUT2D eigenvalue weighted by Crippen LogP contribution is -2.53. The second-order valence-electron chi connectivity index (χ2n) is 10.2. The van der Waals surface area contributed by atoms with Crippen LogP contribution in [0, 0.1) is 5.92 Å². The molecule has 1 aliphatic heterocycles. The highest BCUT2D eigenvalue weighted by molar-refractivity contribution is 7.89. The van der Waals surface area contributed by atoms with Crippen molar-refractivity contribution in [2.75, 3.05) is 17.3 Å². The van der Waals surface area contributed by atoms with Crippen LogP contribution in [0.1, 0.15) is 38.3 Å². The van der Waals surface area contributed by atoms with Crippen LogP contribution in [0.25, 0.3) is 0 Å². The number of amides is 3. The van der Waals surface area contributed by atoms with Crippen molar-refractivity contribution in [2.24, 2.45) is 10.9 Å². The number of aliphatic imine (C=N–C) groups is 1. The highest BCUT2D eigenvalue weighted by atomic mass is 32.2. The van der Waals surface area contributed by atoms with Crippen molar-refractivity contribution >= 4 is 44.8 Å². The number of para-hydroxylation sites is 1. The Morgan fingerprint density at radius 2 is 1.59 bits per heavy atom. The molecule has 10 nitrogen and oxygen atoms in total. The zero-order valence-electron chi connectivity index (χ0n) is 23.3. The number of benzene rings is 3. The minimum atomic E-state index is -4.12. The third kappa shape index (κ3) is 7.05. The van der Waals surface area contributed by atoms with Crippen LogP contribution in [0.5, 0.6) is 0 Å². The van der Waals surface area contributed by atoms with E-state index < -0.39 is 34.0 Å². The summed E-state index contributed by atoms with van der Waals surface area (Å²) in [7, 11) is -2.51. The number of sulfonamides is 1. The molecule has 3 N–H and O–H groups in total. The summed E-state index contributed by atoms with van der Waals surface area (Å²) < 4.78 is 29.0. The van der Waals surface area contributed by atoms with Gasteiger partial charge in [0.15, 0.2) is 0 Å². The van der Waals surface area contributed by atoms with Gasteiger partial charge in [0.2, 0.25) is 28.0 Å². The van der Waals surface area contributed by atoms with E-state index in [2.05, 4.69) is 20.3 Å². The molecule has 4 rings (SSSR count). The van der Waals surface area contributed by atoms with E-state index in [0.29, 0.717) is 17.1 Å². The Hall–Kier alpha value is -4.35. The molecule has 3 aromatic rings. The van der Waals surface area contributed by atoms with E-state index in [1.807, 2.05) is 68.4 Å². The van der Waals surface area contributed by atoms with Gasteiger partial charge in [0.05, 0.1) is 16.3 Å². The number of hydrogen-bond acceptors (Lipinski definition) is 6. The standard InChI is InChI=1S/C30H33N5O5S/c1-19(2)18-25(34-41(39,40)23-16-14-22(15-17-23)31-20(3)36)29(37)33-28-30(38)35(4)26-13-9-8-12-24(26)27(32-28)21-10-6-5-7-11-21/h5-17,19,25,28,34H,18H2,1-4H3,(H,31,36)(H,33,37). The molecular formula is C30H33N5O5S. The number of carbonyl (C=O) groups is 3. The van der Waals surface area contributed by atoms with E-state index in [9.17, 15) is 22.8 Å². The maximum atomic E-state index is 13.6. The van der Waals surface area contributed by atoms with Gasteiger partial charge in [-0.15, -0.1) is 0 Å². The number of fused-ring (bicyclic) bond motifs is 1. The molecule has 2 unspecified atom stereocenters. The third-order valence-corrected chi connectivity index (χ3v) is 7.96. The van der Waals surface area contributed by atoms with Gasteiger partial charge in [0.1, 0.15) is 6.04 Å². The van der Waals surface area contributed by atoms with Crippen molar-refractivity contribution < 1.29 is 22.8 Å². The van der Waals surface area contributed by atoms with E-state index in [-0.39, 0.29) is 23.1 Å². The summed E-state index contributed by atoms with van der Waals surface area (Å²) in [6.45, 7) is 5.08. The lowest BCUT2D eigenvalue weighted by atomic mass is 10.0. The lowest BCUT2D eigenvalue weighted by molar-refractivity contribution is -0.128. The molecule has 0 spiro atoms. The summed E-state index contributed by atoms with van der Waals surface area (Å²) in [5.74, 6) is -1.47. The first-order chi connectivity index (χ1) is 19.5. The molecule has 2 atom stereocenters. The smallest absolute Gasteiger partial charge is 0.272 e. The Balaban J connectivity index is 1.64. The quantitative estimate of drug-likeness (QED) is 0.360. The van der Waals surface area contributed by atoms with Crippen LogP contribution in [0.2, 0.25) is 0 Å². The van der Waals surface area contributed by atoms with Gasteiger partial charge in [-0.3, -0.25) is 14.4 Å². The molecule has 0 radical (unpaired) electrons. The molecule has 0 bridgehead atoms. The van der Waals surface area contributed by atoms with Crippen LogP contribution in [-0.4, -0.2) is 51.1 Å². The van der Waals surface area contributed by atoms with Crippen LogP contribution in [0.4, 0.5) is 11.4 Å². The number of rotatable bonds is 9. The van der Waals surface area contributed by atoms with Crippen molar-refractivity contribution in [1.29, 1.82) is 0 Å². The summed E-state index contributed by atoms with van der Waals surface area (Å²) >= 11 is 0. The maximum absolute atomic E-state index is 13.6. The monoisotopic (exact) mass is 575 g/mol. The van der Waals surface area contributed by atoms with Crippen LogP contribution in [0.15, 0.2) is 88.8 Å². The average molecular weight is 576 g/mol. The van der Waals surface area contributed by atoms with Crippen molar-refractivity contribution in [3.05, 3.63) is 90.0 Å². The Bertz CT molecular complexity index is 1570. The molecule has 1 heterocycles. The minimum absolute atomic E-state index is 0.0456. The van der Waals surface area contributed by atoms with Crippen LogP contribution in [-0.2, 0) is 24.4 Å². The number of anilines is 2. The molecule has 41 heavy (non-hydrogen) atoms. The average Bonchev–Trinajstić information content (AvgIpc) is 3.03. The Labute approximate surface area is 239 Å². The third-order valence-electron chi connectivity index (χ3n) is 6.48. The fourth-order valence-corrected chi connectivity index (χ4v) is 5.74. The molecular weight excluding hydrogens is 542 g/mol. The molecule has 11 heteroatoms. The van der Waals surface area contributed by atoms with Gasteiger partial charge in [-0.25, -0.2) is 13.4 Å². The zero-order chi connectivity index (χ0) is 29.7. The van der Waals surface area contributed by atoms with Gasteiger partial charge >= 0.3 is 0 Å². The van der Waals surface area contributed by atoms with Gasteiger partial charge < -0.3 is 15.5 Å². The minimum Gasteiger partial charge on any atom is -0.326 e. The Morgan fingerprint density at radius 1 is 0.951 bits per heavy atom. The summed E-state index contributed by atoms with van der Waals surface area (Å²) in [6, 6.07) is 21.1. The van der Waals surface area contributed by atoms with E-state index >= 15 is 0 Å². The molecule has 3 aromatic carbocycles. The first kappa shape index (κ1) is 29.6. The molecule has 0 saturated carbocycles. The summed E-state index contributed by atoms with van der Waals surface area (Å²) in [5.41, 5.74) is 3.11. The lowest BCUT2D eigenvalue weighted by Gasteiger charge is -2.24. The van der Waals surface area contributed by atoms with Gasteiger partial charge in [0.25, 0.3) is 5.91 Å². The number of hydrogen-bond donors (Lipinski definition) is 3. The number of nitrogens with zero attached hydrogens (tertiary/aromatic N) is 2. The van der Waals surface area contributed by atoms with Crippen molar-refractivity contribution in [2.45, 2.75) is 44.3 Å². The van der Waals surface area contributed by atoms with Gasteiger partial charge in [0, 0.05) is 30.8 Å². The molecule has 1 aliphatic rings. The van der Waals surface area contributed by atoms with Crippen LogP contribution < -0.4 is 20.3 Å². The predicted octanol–water partition coefficient (Wildman–Crippen LogP) is 3.29. The molecule has 0 aliphatic carbocycles. The van der Waals surface area contributed by atoms with Crippen molar-refractivity contribution in [1.82, 2.24) is 10.0 Å². The Kier molecular flexibility index (Phi) is 8.99. The van der Waals surface area contributed by atoms with E-state index in [4.69, 9.17) is 0 Å². The number of nitrogens with one attached hydrogen (secondary N) is 3. The molecule has 3 amide bonds. The predicted molar refractivity (Wildman–Crippen MR) is 158 cm³/mol. The van der Waals surface area contributed by atoms with E-state index in [0.717, 1.165) is 11.1 Å². The fraction of sp³-hybridized carbons (Fsp3) is 0.267. The van der Waals surface area contributed by atoms with Crippen LogP contribution in [0.3, 0.4) is 0 Å². The second kappa shape index (κ2) is 12.4. The van der Waals surface area contributed by atoms with Gasteiger partial charge in [-0.1, -0.05) is 62.4 Å². The molecule has 0 saturated heterocycles. The molecule has 0 fully saturated rings. The van der Waals surface area contributed by atoms with E-state index in [1.165, 1.54) is 36.1 Å². The summed E-state index contributed by atoms with van der Waals surface area (Å²) in [4.78, 5) is 44.5. The first-order valence-corrected chi connectivity index (χ1v) is 14.6. The maximum Gasteiger partial charge on any atom is 0.272 e. The number of benzodiazepines with no additional fused rings is 1. The topological polar surface area (TPSA) is 137 Å². The summed E-state index contributed by atoms with van der Waals surface area (Å²) in [5, 5.41) is 5.27. The second-order valence-corrected chi connectivity index (χ2v) is 11.9. The van der Waals surface area contributed by atoms with Crippen molar-refractivity contribution in [3.63, 3.8) is 0 Å². The number of likely N-dealkylation sites (N-methyl/N-ethyl adjacent to an activating group) is 1. The first-order valence-electron chi connectivity index (χ1n) is 13.2. The van der Waals surface area contributed by atoms with E-state index in [1.54, 1.807) is 7.05 Å². The zero-order valence-corrected chi connectivity index (χ0v) is 24.1. The molecule has 214 valence electrons. The fourth-order valence-electron chi connectivity index (χ4n) is 4.53. The van der Waals surface area contributed by atoms with Crippen LogP contribution >= 0.6 is 0 Å². The Morgan fingerprint density at radius 3 is 2.22 bits per heavy atom. The summed E-state index contributed by atoms with van der Waals surface area (Å²) in [6.07, 6.45) is -1.10. The van der Waals surface area contributed by atoms with Crippen molar-refractivity contribution in [3.8, 4) is 0 Å². The molecule has 0 aromatic heterocycles. The highest BCUT2D eigenvalue weighted by Gasteiger charge is 2.34. The normalized spacial score (nSPS) is 15.9. The largest absolute Gasteiger partial charge is 0.326 e. The SMILES string of the molecule is CC(=O)Nc1ccc(S(=O)(=O)NC(CC(C)C)C(=O)NC2N=C(c3ccccc3)c3ccccc3N(C)C2=O)cc1. The number of carbonyl (C=O) groups excluding carboxylic acids is 3. The van der Waals surface area contributed by atoms with Gasteiger partial charge in [-0.2, -0.15) is 4.72 Å².